The van der Waals surface area contributed by atoms with Crippen LogP contribution in [0.25, 0.3) is 0 Å². The lowest BCUT2D eigenvalue weighted by molar-refractivity contribution is 0.271. The number of sulfonamides is 1. The fourth-order valence-electron chi connectivity index (χ4n) is 2.82. The molecule has 1 fully saturated rings. The lowest BCUT2D eigenvalue weighted by atomic mass is 10.2. The van der Waals surface area contributed by atoms with Gasteiger partial charge in [-0.05, 0) is 44.0 Å². The summed E-state index contributed by atoms with van der Waals surface area (Å²) in [6.07, 6.45) is 0.966. The third-order valence-electron chi connectivity index (χ3n) is 4.23. The Kier molecular flexibility index (Phi) is 5.37. The molecule has 2 rings (SSSR count). The number of nitrogens with zero attached hydrogens (tertiary/aromatic N) is 1. The van der Waals surface area contributed by atoms with Gasteiger partial charge in [-0.2, -0.15) is 4.31 Å². The molecular formula is C15H23NO5S2. The molecule has 2 atom stereocenters. The van der Waals surface area contributed by atoms with E-state index in [-0.39, 0.29) is 22.4 Å². The van der Waals surface area contributed by atoms with Gasteiger partial charge in [-0.15, -0.1) is 0 Å². The molecule has 0 unspecified atom stereocenters. The molecule has 1 heterocycles. The van der Waals surface area contributed by atoms with Crippen molar-refractivity contribution in [1.82, 2.24) is 4.31 Å². The maximum atomic E-state index is 13.0. The van der Waals surface area contributed by atoms with Crippen molar-refractivity contribution in [1.29, 1.82) is 0 Å². The van der Waals surface area contributed by atoms with Gasteiger partial charge >= 0.3 is 0 Å². The van der Waals surface area contributed by atoms with Crippen molar-refractivity contribution in [2.24, 2.45) is 0 Å². The zero-order chi connectivity index (χ0) is 17.3. The van der Waals surface area contributed by atoms with Crippen LogP contribution in [-0.2, 0) is 19.9 Å². The fraction of sp³-hybridized carbons (Fsp3) is 0.600. The Hall–Kier alpha value is -1.12. The van der Waals surface area contributed by atoms with E-state index in [2.05, 4.69) is 0 Å². The normalized spacial score (nSPS) is 22.2. The SMILES string of the molecule is CC[C@@H](C)N([C@H]1CCS(=O)(=O)C1)S(=O)(=O)c1ccc(OC)cc1. The van der Waals surface area contributed by atoms with E-state index in [4.69, 9.17) is 4.74 Å². The van der Waals surface area contributed by atoms with Crippen LogP contribution in [0.4, 0.5) is 0 Å². The van der Waals surface area contributed by atoms with E-state index >= 15 is 0 Å². The number of rotatable bonds is 6. The summed E-state index contributed by atoms with van der Waals surface area (Å²) >= 11 is 0. The maximum Gasteiger partial charge on any atom is 0.243 e. The van der Waals surface area contributed by atoms with Gasteiger partial charge in [0.05, 0.1) is 23.5 Å². The number of hydrogen-bond acceptors (Lipinski definition) is 5. The van der Waals surface area contributed by atoms with Crippen molar-refractivity contribution in [2.75, 3.05) is 18.6 Å². The van der Waals surface area contributed by atoms with E-state index < -0.39 is 25.9 Å². The number of hydrogen-bond donors (Lipinski definition) is 0. The van der Waals surface area contributed by atoms with Crippen molar-refractivity contribution in [3.8, 4) is 5.75 Å². The summed E-state index contributed by atoms with van der Waals surface area (Å²) in [5, 5.41) is 0. The van der Waals surface area contributed by atoms with E-state index in [0.717, 1.165) is 0 Å². The van der Waals surface area contributed by atoms with Crippen LogP contribution in [-0.4, -0.2) is 51.8 Å². The molecule has 1 aromatic carbocycles. The largest absolute Gasteiger partial charge is 0.497 e. The Morgan fingerprint density at radius 3 is 2.35 bits per heavy atom. The summed E-state index contributed by atoms with van der Waals surface area (Å²) in [5.41, 5.74) is 0. The minimum atomic E-state index is -3.76. The summed E-state index contributed by atoms with van der Waals surface area (Å²) in [7, 11) is -5.41. The summed E-state index contributed by atoms with van der Waals surface area (Å²) < 4.78 is 56.0. The molecule has 6 nitrogen and oxygen atoms in total. The molecule has 0 amide bonds. The molecule has 0 aromatic heterocycles. The molecule has 0 N–H and O–H groups in total. The number of benzene rings is 1. The number of methoxy groups -OCH3 is 1. The van der Waals surface area contributed by atoms with Gasteiger partial charge in [0.2, 0.25) is 10.0 Å². The molecular weight excluding hydrogens is 338 g/mol. The van der Waals surface area contributed by atoms with E-state index in [1.165, 1.54) is 23.5 Å². The molecule has 0 saturated carbocycles. The first-order valence-electron chi connectivity index (χ1n) is 7.59. The molecule has 130 valence electrons. The molecule has 0 radical (unpaired) electrons. The first-order chi connectivity index (χ1) is 10.7. The van der Waals surface area contributed by atoms with Gasteiger partial charge in [0, 0.05) is 12.1 Å². The highest BCUT2D eigenvalue weighted by Gasteiger charge is 2.40. The van der Waals surface area contributed by atoms with Crippen LogP contribution in [0.1, 0.15) is 26.7 Å². The summed E-state index contributed by atoms with van der Waals surface area (Å²) in [6.45, 7) is 3.71. The molecule has 0 spiro atoms. The number of ether oxygens (including phenoxy) is 1. The predicted octanol–water partition coefficient (Wildman–Crippen LogP) is 1.67. The van der Waals surface area contributed by atoms with Crippen molar-refractivity contribution in [3.05, 3.63) is 24.3 Å². The highest BCUT2D eigenvalue weighted by atomic mass is 32.2. The van der Waals surface area contributed by atoms with Crippen molar-refractivity contribution < 1.29 is 21.6 Å². The number of sulfone groups is 1. The molecule has 0 bridgehead atoms. The van der Waals surface area contributed by atoms with Gasteiger partial charge in [-0.25, -0.2) is 16.8 Å². The Bertz CT molecular complexity index is 741. The molecule has 1 aliphatic rings. The quantitative estimate of drug-likeness (QED) is 0.770. The van der Waals surface area contributed by atoms with Crippen LogP contribution in [0.3, 0.4) is 0 Å². The highest BCUT2D eigenvalue weighted by molar-refractivity contribution is 7.92. The third-order valence-corrected chi connectivity index (χ3v) is 8.06. The lowest BCUT2D eigenvalue weighted by Crippen LogP contribution is -2.46. The Morgan fingerprint density at radius 2 is 1.91 bits per heavy atom. The molecule has 1 aromatic rings. The van der Waals surface area contributed by atoms with Crippen molar-refractivity contribution >= 4 is 19.9 Å². The van der Waals surface area contributed by atoms with Gasteiger partial charge in [-0.3, -0.25) is 0 Å². The first kappa shape index (κ1) is 18.2. The topological polar surface area (TPSA) is 80.8 Å². The smallest absolute Gasteiger partial charge is 0.243 e. The zero-order valence-electron chi connectivity index (χ0n) is 13.6. The highest BCUT2D eigenvalue weighted by Crippen LogP contribution is 2.29. The van der Waals surface area contributed by atoms with E-state index in [9.17, 15) is 16.8 Å². The fourth-order valence-corrected chi connectivity index (χ4v) is 6.54. The second-order valence-electron chi connectivity index (χ2n) is 5.82. The van der Waals surface area contributed by atoms with Gasteiger partial charge in [0.25, 0.3) is 0 Å². The molecule has 0 aliphatic carbocycles. The summed E-state index contributed by atoms with van der Waals surface area (Å²) in [4.78, 5) is 0.155. The lowest BCUT2D eigenvalue weighted by Gasteiger charge is -2.32. The van der Waals surface area contributed by atoms with Gasteiger partial charge < -0.3 is 4.74 Å². The molecule has 8 heteroatoms. The monoisotopic (exact) mass is 361 g/mol. The van der Waals surface area contributed by atoms with Crippen LogP contribution < -0.4 is 4.74 Å². The van der Waals surface area contributed by atoms with Crippen molar-refractivity contribution in [3.63, 3.8) is 0 Å². The maximum absolute atomic E-state index is 13.0. The Morgan fingerprint density at radius 1 is 1.30 bits per heavy atom. The molecule has 23 heavy (non-hydrogen) atoms. The van der Waals surface area contributed by atoms with Crippen LogP contribution in [0, 0.1) is 0 Å². The second kappa shape index (κ2) is 6.78. The van der Waals surface area contributed by atoms with Gasteiger partial charge in [0.1, 0.15) is 5.75 Å². The minimum absolute atomic E-state index is 0.0444. The summed E-state index contributed by atoms with van der Waals surface area (Å²) in [6, 6.07) is 5.41. The molecule has 1 aliphatic heterocycles. The second-order valence-corrected chi connectivity index (χ2v) is 9.90. The van der Waals surface area contributed by atoms with Crippen LogP contribution in [0.2, 0.25) is 0 Å². The predicted molar refractivity (Wildman–Crippen MR) is 88.8 cm³/mol. The van der Waals surface area contributed by atoms with Crippen LogP contribution in [0.15, 0.2) is 29.2 Å². The Labute approximate surface area is 138 Å². The molecule has 1 saturated heterocycles. The van der Waals surface area contributed by atoms with Gasteiger partial charge in [-0.1, -0.05) is 6.92 Å². The third kappa shape index (κ3) is 3.87. The van der Waals surface area contributed by atoms with Gasteiger partial charge in [0.15, 0.2) is 9.84 Å². The average molecular weight is 361 g/mol. The minimum Gasteiger partial charge on any atom is -0.497 e. The van der Waals surface area contributed by atoms with Crippen LogP contribution >= 0.6 is 0 Å². The van der Waals surface area contributed by atoms with E-state index in [1.807, 2.05) is 13.8 Å². The van der Waals surface area contributed by atoms with Crippen LogP contribution in [0.5, 0.6) is 5.75 Å². The average Bonchev–Trinajstić information content (AvgIpc) is 2.86. The standard InChI is InChI=1S/C15H23NO5S2/c1-4-12(2)16(13-9-10-22(17,18)11-13)23(19,20)15-7-5-14(21-3)6-8-15/h5-8,12-13H,4,9-11H2,1-3H3/t12-,13+/m1/s1. The Balaban J connectivity index is 2.41. The first-order valence-corrected chi connectivity index (χ1v) is 10.9. The van der Waals surface area contributed by atoms with E-state index in [1.54, 1.807) is 12.1 Å². The summed E-state index contributed by atoms with van der Waals surface area (Å²) in [5.74, 6) is 0.512. The van der Waals surface area contributed by atoms with E-state index in [0.29, 0.717) is 18.6 Å². The zero-order valence-corrected chi connectivity index (χ0v) is 15.2. The van der Waals surface area contributed by atoms with Crippen molar-refractivity contribution in [2.45, 2.75) is 43.7 Å².